The third-order valence-electron chi connectivity index (χ3n) is 1.80. The zero-order valence-corrected chi connectivity index (χ0v) is 6.59. The molecule has 60 valence electrons. The number of allylic oxidation sites excluding steroid dienone is 1. The maximum atomic E-state index is 10.9. The van der Waals surface area contributed by atoms with Crippen molar-refractivity contribution in [1.29, 1.82) is 0 Å². The van der Waals surface area contributed by atoms with Crippen LogP contribution in [0.2, 0.25) is 0 Å². The molecular formula is C8H10O3. The lowest BCUT2D eigenvalue weighted by molar-refractivity contribution is -0.144. The van der Waals surface area contributed by atoms with Crippen LogP contribution in [0.1, 0.15) is 13.3 Å². The third kappa shape index (κ3) is 1.48. The number of carbonyl (C=O) groups excluding carboxylic acids is 2. The summed E-state index contributed by atoms with van der Waals surface area (Å²) in [6.07, 6.45) is 1.94. The number of methoxy groups -OCH3 is 1. The second-order valence-corrected chi connectivity index (χ2v) is 2.61. The van der Waals surface area contributed by atoms with E-state index in [1.807, 2.05) is 0 Å². The van der Waals surface area contributed by atoms with E-state index in [0.29, 0.717) is 5.57 Å². The molecule has 0 amide bonds. The summed E-state index contributed by atoms with van der Waals surface area (Å²) < 4.78 is 4.50. The van der Waals surface area contributed by atoms with Gasteiger partial charge in [0.15, 0.2) is 5.78 Å². The molecule has 0 unspecified atom stereocenters. The number of rotatable bonds is 1. The molecule has 0 spiro atoms. The fraction of sp³-hybridized carbons (Fsp3) is 0.500. The highest BCUT2D eigenvalue weighted by Gasteiger charge is 2.27. The summed E-state index contributed by atoms with van der Waals surface area (Å²) in [5.74, 6) is -0.622. The summed E-state index contributed by atoms with van der Waals surface area (Å²) in [5.41, 5.74) is 0.667. The van der Waals surface area contributed by atoms with Gasteiger partial charge in [-0.05, 0) is 12.5 Å². The summed E-state index contributed by atoms with van der Waals surface area (Å²) >= 11 is 0. The molecule has 0 heterocycles. The molecule has 0 N–H and O–H groups in total. The van der Waals surface area contributed by atoms with E-state index in [4.69, 9.17) is 0 Å². The van der Waals surface area contributed by atoms with E-state index in [-0.39, 0.29) is 24.1 Å². The predicted octanol–water partition coefficient (Wildman–Crippen LogP) is 0.695. The Hall–Kier alpha value is -1.12. The Kier molecular flexibility index (Phi) is 2.08. The first-order valence-electron chi connectivity index (χ1n) is 3.44. The molecule has 0 saturated carbocycles. The van der Waals surface area contributed by atoms with Gasteiger partial charge in [-0.2, -0.15) is 0 Å². The number of ketones is 1. The van der Waals surface area contributed by atoms with Gasteiger partial charge in [-0.15, -0.1) is 0 Å². The Balaban J connectivity index is 2.68. The first kappa shape index (κ1) is 7.98. The summed E-state index contributed by atoms with van der Waals surface area (Å²) in [7, 11) is 1.33. The molecule has 0 fully saturated rings. The minimum atomic E-state index is -0.340. The number of carbonyl (C=O) groups is 2. The maximum absolute atomic E-state index is 10.9. The van der Waals surface area contributed by atoms with Crippen molar-refractivity contribution in [1.82, 2.24) is 0 Å². The Morgan fingerprint density at radius 1 is 1.73 bits per heavy atom. The summed E-state index contributed by atoms with van der Waals surface area (Å²) in [6.45, 7) is 1.71. The molecular weight excluding hydrogens is 144 g/mol. The van der Waals surface area contributed by atoms with Crippen LogP contribution in [0.5, 0.6) is 0 Å². The monoisotopic (exact) mass is 154 g/mol. The molecule has 1 rings (SSSR count). The van der Waals surface area contributed by atoms with E-state index in [9.17, 15) is 9.59 Å². The minimum Gasteiger partial charge on any atom is -0.469 e. The van der Waals surface area contributed by atoms with E-state index < -0.39 is 0 Å². The summed E-state index contributed by atoms with van der Waals surface area (Å²) in [6, 6.07) is 0. The number of hydrogen-bond acceptors (Lipinski definition) is 3. The molecule has 3 heteroatoms. The van der Waals surface area contributed by atoms with Crippen molar-refractivity contribution in [2.24, 2.45) is 5.92 Å². The summed E-state index contributed by atoms with van der Waals surface area (Å²) in [5, 5.41) is 0. The number of Topliss-reactive ketones (excluding diaryl/α,β-unsaturated/α-hetero) is 1. The average Bonchev–Trinajstić information content (AvgIpc) is 2.31. The zero-order chi connectivity index (χ0) is 8.43. The SMILES string of the molecule is COC(=O)[C@H]1C=C(C)C(=O)C1. The molecule has 0 aliphatic heterocycles. The van der Waals surface area contributed by atoms with Crippen LogP contribution in [0.25, 0.3) is 0 Å². The van der Waals surface area contributed by atoms with Gasteiger partial charge in [0.25, 0.3) is 0 Å². The molecule has 11 heavy (non-hydrogen) atoms. The van der Waals surface area contributed by atoms with E-state index >= 15 is 0 Å². The van der Waals surface area contributed by atoms with E-state index in [1.165, 1.54) is 7.11 Å². The molecule has 0 aromatic carbocycles. The Bertz CT molecular complexity index is 227. The summed E-state index contributed by atoms with van der Waals surface area (Å²) in [4.78, 5) is 21.8. The Morgan fingerprint density at radius 3 is 2.73 bits per heavy atom. The topological polar surface area (TPSA) is 43.4 Å². The highest BCUT2D eigenvalue weighted by atomic mass is 16.5. The van der Waals surface area contributed by atoms with Crippen LogP contribution in [0.4, 0.5) is 0 Å². The van der Waals surface area contributed by atoms with E-state index in [2.05, 4.69) is 4.74 Å². The van der Waals surface area contributed by atoms with Crippen molar-refractivity contribution in [2.45, 2.75) is 13.3 Å². The van der Waals surface area contributed by atoms with Crippen molar-refractivity contribution in [3.8, 4) is 0 Å². The van der Waals surface area contributed by atoms with Crippen LogP contribution in [-0.4, -0.2) is 18.9 Å². The van der Waals surface area contributed by atoms with Crippen molar-refractivity contribution in [2.75, 3.05) is 7.11 Å². The molecule has 0 bridgehead atoms. The van der Waals surface area contributed by atoms with E-state index in [0.717, 1.165) is 0 Å². The molecule has 0 radical (unpaired) electrons. The van der Waals surface area contributed by atoms with Gasteiger partial charge in [0.2, 0.25) is 0 Å². The van der Waals surface area contributed by atoms with Crippen LogP contribution in [0, 0.1) is 5.92 Å². The molecule has 0 saturated heterocycles. The van der Waals surface area contributed by atoms with Crippen LogP contribution in [0.3, 0.4) is 0 Å². The van der Waals surface area contributed by atoms with Crippen molar-refractivity contribution >= 4 is 11.8 Å². The second kappa shape index (κ2) is 2.86. The van der Waals surface area contributed by atoms with Gasteiger partial charge in [0, 0.05) is 6.42 Å². The van der Waals surface area contributed by atoms with E-state index in [1.54, 1.807) is 13.0 Å². The second-order valence-electron chi connectivity index (χ2n) is 2.61. The molecule has 1 aliphatic rings. The van der Waals surface area contributed by atoms with Crippen molar-refractivity contribution < 1.29 is 14.3 Å². The maximum Gasteiger partial charge on any atom is 0.312 e. The Morgan fingerprint density at radius 2 is 2.36 bits per heavy atom. The lowest BCUT2D eigenvalue weighted by Crippen LogP contribution is -2.12. The molecule has 1 atom stereocenters. The quantitative estimate of drug-likeness (QED) is 0.522. The van der Waals surface area contributed by atoms with Crippen molar-refractivity contribution in [3.63, 3.8) is 0 Å². The largest absolute Gasteiger partial charge is 0.469 e. The number of esters is 1. The van der Waals surface area contributed by atoms with Gasteiger partial charge >= 0.3 is 5.97 Å². The highest BCUT2D eigenvalue weighted by molar-refractivity contribution is 6.01. The van der Waals surface area contributed by atoms with Crippen LogP contribution < -0.4 is 0 Å². The minimum absolute atomic E-state index is 0.0420. The van der Waals surface area contributed by atoms with Gasteiger partial charge < -0.3 is 4.74 Å². The van der Waals surface area contributed by atoms with Gasteiger partial charge in [-0.1, -0.05) is 6.08 Å². The lowest BCUT2D eigenvalue weighted by Gasteiger charge is -2.01. The lowest BCUT2D eigenvalue weighted by atomic mass is 10.1. The average molecular weight is 154 g/mol. The van der Waals surface area contributed by atoms with Gasteiger partial charge in [-0.3, -0.25) is 9.59 Å². The van der Waals surface area contributed by atoms with Gasteiger partial charge in [0.05, 0.1) is 13.0 Å². The standard InChI is InChI=1S/C8H10O3/c1-5-3-6(4-7(5)9)8(10)11-2/h3,6H,4H2,1-2H3/t6-/m0/s1. The fourth-order valence-corrected chi connectivity index (χ4v) is 1.12. The molecule has 1 aliphatic carbocycles. The van der Waals surface area contributed by atoms with Crippen LogP contribution in [0.15, 0.2) is 11.6 Å². The van der Waals surface area contributed by atoms with Crippen LogP contribution in [-0.2, 0) is 14.3 Å². The molecule has 0 aromatic rings. The number of hydrogen-bond donors (Lipinski definition) is 0. The Labute approximate surface area is 65.0 Å². The normalized spacial score (nSPS) is 23.3. The predicted molar refractivity (Wildman–Crippen MR) is 38.9 cm³/mol. The van der Waals surface area contributed by atoms with Gasteiger partial charge in [0.1, 0.15) is 0 Å². The highest BCUT2D eigenvalue weighted by Crippen LogP contribution is 2.20. The first-order valence-corrected chi connectivity index (χ1v) is 3.44. The first-order chi connectivity index (χ1) is 5.15. The molecule has 0 aromatic heterocycles. The smallest absolute Gasteiger partial charge is 0.312 e. The third-order valence-corrected chi connectivity index (χ3v) is 1.80. The zero-order valence-electron chi connectivity index (χ0n) is 6.59. The van der Waals surface area contributed by atoms with Crippen LogP contribution >= 0.6 is 0 Å². The number of ether oxygens (including phenoxy) is 1. The fourth-order valence-electron chi connectivity index (χ4n) is 1.12. The van der Waals surface area contributed by atoms with Gasteiger partial charge in [-0.25, -0.2) is 0 Å². The molecule has 3 nitrogen and oxygen atoms in total. The van der Waals surface area contributed by atoms with Crippen molar-refractivity contribution in [3.05, 3.63) is 11.6 Å².